The maximum absolute atomic E-state index is 2.08. The normalized spacial score (nSPS) is 7.62. The van der Waals surface area contributed by atoms with Crippen molar-refractivity contribution in [3.8, 4) is 0 Å². The first-order chi connectivity index (χ1) is 3.39. The zero-order valence-electron chi connectivity index (χ0n) is 4.79. The Morgan fingerprint density at radius 2 is 1.50 bits per heavy atom. The molecule has 0 N–H and O–H groups in total. The van der Waals surface area contributed by atoms with Crippen LogP contribution in [0.15, 0.2) is 30.3 Å². The van der Waals surface area contributed by atoms with E-state index in [-0.39, 0.29) is 21.1 Å². The first kappa shape index (κ1) is 7.91. The molecule has 0 unspecified atom stereocenters. The fourth-order valence-corrected chi connectivity index (χ4v) is 0.534. The molecule has 1 rings (SSSR count). The van der Waals surface area contributed by atoms with Gasteiger partial charge in [0.25, 0.3) is 0 Å². The van der Waals surface area contributed by atoms with Crippen molar-refractivity contribution in [2.45, 2.75) is 6.92 Å². The van der Waals surface area contributed by atoms with Gasteiger partial charge in [-0.05, 0) is 6.92 Å². The number of aryl methyl sites for hydroxylation is 1. The maximum atomic E-state index is 2.08. The molecule has 1 aromatic rings. The average Bonchev–Trinajstić information content (AvgIpc) is 1.69. The minimum atomic E-state index is 0. The summed E-state index contributed by atoms with van der Waals surface area (Å²) in [6.07, 6.45) is 0. The van der Waals surface area contributed by atoms with Crippen LogP contribution < -0.4 is 0 Å². The van der Waals surface area contributed by atoms with Gasteiger partial charge >= 0.3 is 0 Å². The maximum Gasteiger partial charge on any atom is 0 e. The summed E-state index contributed by atoms with van der Waals surface area (Å²) in [5, 5.41) is 0. The van der Waals surface area contributed by atoms with Gasteiger partial charge in [0.05, 0.1) is 0 Å². The zero-order chi connectivity index (χ0) is 5.11. The van der Waals surface area contributed by atoms with E-state index >= 15 is 0 Å². The van der Waals surface area contributed by atoms with E-state index in [2.05, 4.69) is 19.1 Å². The minimum Gasteiger partial charge on any atom is -0.0622 e. The molecular weight excluding hydrogens is 180 g/mol. The van der Waals surface area contributed by atoms with E-state index in [1.807, 2.05) is 18.2 Å². The third kappa shape index (κ3) is 2.28. The monoisotopic (exact) mass is 190 g/mol. The molecule has 0 heterocycles. The number of hydrogen-bond acceptors (Lipinski definition) is 0. The largest absolute Gasteiger partial charge is 0.0622 e. The molecule has 0 radical (unpaired) electrons. The van der Waals surface area contributed by atoms with Gasteiger partial charge in [-0.3, -0.25) is 0 Å². The van der Waals surface area contributed by atoms with Crippen LogP contribution in [0.25, 0.3) is 0 Å². The Morgan fingerprint density at radius 1 is 1.00 bits per heavy atom. The third-order valence-electron chi connectivity index (χ3n) is 0.940. The second kappa shape index (κ2) is 3.86. The summed E-state index contributed by atoms with van der Waals surface area (Å²) in [7, 11) is 0. The molecule has 0 saturated heterocycles. The number of benzene rings is 1. The Bertz CT molecular complexity index is 134. The van der Waals surface area contributed by atoms with Crippen LogP contribution in [0.5, 0.6) is 0 Å². The Kier molecular flexibility index (Phi) is 3.81. The van der Waals surface area contributed by atoms with Crippen LogP contribution in [0, 0.1) is 6.92 Å². The zero-order valence-corrected chi connectivity index (χ0v) is 6.80. The van der Waals surface area contributed by atoms with Crippen molar-refractivity contribution in [3.05, 3.63) is 35.9 Å². The average molecular weight is 188 g/mol. The summed E-state index contributed by atoms with van der Waals surface area (Å²) in [5.74, 6) is 0. The van der Waals surface area contributed by atoms with Crippen LogP contribution in [0.1, 0.15) is 5.56 Å². The van der Waals surface area contributed by atoms with Crippen molar-refractivity contribution in [2.75, 3.05) is 0 Å². The summed E-state index contributed by atoms with van der Waals surface area (Å²) in [5.41, 5.74) is 1.32. The van der Waals surface area contributed by atoms with Gasteiger partial charge in [0.2, 0.25) is 0 Å². The molecule has 0 aromatic heterocycles. The molecule has 0 aliphatic heterocycles. The molecule has 0 aliphatic carbocycles. The summed E-state index contributed by atoms with van der Waals surface area (Å²) >= 11 is 0. The van der Waals surface area contributed by atoms with Gasteiger partial charge in [0.15, 0.2) is 0 Å². The fourth-order valence-electron chi connectivity index (χ4n) is 0.534. The molecular formula is C7H8Mo. The molecule has 42 valence electrons. The van der Waals surface area contributed by atoms with Gasteiger partial charge in [0.1, 0.15) is 0 Å². The smallest absolute Gasteiger partial charge is 0 e. The van der Waals surface area contributed by atoms with Gasteiger partial charge in [-0.1, -0.05) is 35.9 Å². The topological polar surface area (TPSA) is 0 Å². The molecule has 1 heteroatoms. The molecule has 0 fully saturated rings. The summed E-state index contributed by atoms with van der Waals surface area (Å²) in [4.78, 5) is 0. The third-order valence-corrected chi connectivity index (χ3v) is 0.940. The van der Waals surface area contributed by atoms with Crippen molar-refractivity contribution < 1.29 is 21.1 Å². The van der Waals surface area contributed by atoms with E-state index in [0.29, 0.717) is 0 Å². The first-order valence-electron chi connectivity index (χ1n) is 2.41. The van der Waals surface area contributed by atoms with E-state index in [0.717, 1.165) is 0 Å². The van der Waals surface area contributed by atoms with Crippen LogP contribution in [-0.2, 0) is 21.1 Å². The van der Waals surface area contributed by atoms with E-state index in [9.17, 15) is 0 Å². The molecule has 8 heavy (non-hydrogen) atoms. The first-order valence-corrected chi connectivity index (χ1v) is 2.41. The van der Waals surface area contributed by atoms with Gasteiger partial charge in [-0.15, -0.1) is 0 Å². The van der Waals surface area contributed by atoms with Crippen LogP contribution in [-0.4, -0.2) is 0 Å². The Labute approximate surface area is 64.2 Å². The van der Waals surface area contributed by atoms with Gasteiger partial charge < -0.3 is 0 Å². The second-order valence-corrected chi connectivity index (χ2v) is 1.65. The summed E-state index contributed by atoms with van der Waals surface area (Å²) < 4.78 is 0. The van der Waals surface area contributed by atoms with Crippen molar-refractivity contribution >= 4 is 0 Å². The summed E-state index contributed by atoms with van der Waals surface area (Å²) in [6.45, 7) is 2.08. The van der Waals surface area contributed by atoms with Crippen LogP contribution in [0.4, 0.5) is 0 Å². The summed E-state index contributed by atoms with van der Waals surface area (Å²) in [6, 6.07) is 10.3. The molecule has 1 aromatic carbocycles. The molecule has 0 spiro atoms. The molecule has 0 saturated carbocycles. The second-order valence-electron chi connectivity index (χ2n) is 1.65. The predicted octanol–water partition coefficient (Wildman–Crippen LogP) is 1.99. The van der Waals surface area contributed by atoms with Crippen molar-refractivity contribution in [1.29, 1.82) is 0 Å². The quantitative estimate of drug-likeness (QED) is 0.546. The Morgan fingerprint density at radius 3 is 1.75 bits per heavy atom. The molecule has 0 nitrogen and oxygen atoms in total. The Hall–Kier alpha value is -0.0917. The molecule has 0 aliphatic rings. The number of rotatable bonds is 0. The standard InChI is InChI=1S/C7H8.Mo/c1-7-5-3-2-4-6-7;/h2-6H,1H3;. The van der Waals surface area contributed by atoms with Crippen molar-refractivity contribution in [1.82, 2.24) is 0 Å². The van der Waals surface area contributed by atoms with Crippen LogP contribution in [0.2, 0.25) is 0 Å². The van der Waals surface area contributed by atoms with E-state index in [1.165, 1.54) is 5.56 Å². The van der Waals surface area contributed by atoms with Crippen molar-refractivity contribution in [3.63, 3.8) is 0 Å². The van der Waals surface area contributed by atoms with Crippen molar-refractivity contribution in [2.24, 2.45) is 0 Å². The van der Waals surface area contributed by atoms with E-state index in [4.69, 9.17) is 0 Å². The molecule has 0 atom stereocenters. The number of hydrogen-bond donors (Lipinski definition) is 0. The van der Waals surface area contributed by atoms with Gasteiger partial charge in [-0.2, -0.15) is 0 Å². The molecule has 0 amide bonds. The van der Waals surface area contributed by atoms with E-state index < -0.39 is 0 Å². The van der Waals surface area contributed by atoms with Gasteiger partial charge in [-0.25, -0.2) is 0 Å². The fraction of sp³-hybridized carbons (Fsp3) is 0.143. The van der Waals surface area contributed by atoms with Gasteiger partial charge in [0, 0.05) is 21.1 Å². The minimum absolute atomic E-state index is 0. The van der Waals surface area contributed by atoms with E-state index in [1.54, 1.807) is 0 Å². The van der Waals surface area contributed by atoms with Crippen LogP contribution >= 0.6 is 0 Å². The Balaban J connectivity index is 0.000000490. The SMILES string of the molecule is Cc1ccccc1.[Mo]. The predicted molar refractivity (Wildman–Crippen MR) is 31.2 cm³/mol. The van der Waals surface area contributed by atoms with Crippen LogP contribution in [0.3, 0.4) is 0 Å². The molecule has 0 bridgehead atoms.